The Kier molecular flexibility index (Phi) is 14.2. The number of imide groups is 1. The molecule has 4 N–H and O–H groups in total. The molecule has 2 heterocycles. The Labute approximate surface area is 292 Å². The molecule has 2 aromatic carbocycles. The molecule has 50 heavy (non-hydrogen) atoms. The van der Waals surface area contributed by atoms with Crippen LogP contribution in [0.2, 0.25) is 0 Å². The summed E-state index contributed by atoms with van der Waals surface area (Å²) in [5.41, 5.74) is 8.70. The van der Waals surface area contributed by atoms with Crippen LogP contribution in [-0.4, -0.2) is 69.0 Å². The first kappa shape index (κ1) is 37.4. The quantitative estimate of drug-likeness (QED) is 0.110. The third kappa shape index (κ3) is 11.1. The van der Waals surface area contributed by atoms with Gasteiger partial charge < -0.3 is 30.4 Å². The summed E-state index contributed by atoms with van der Waals surface area (Å²) < 4.78 is 16.6. The largest absolute Gasteiger partial charge is 0.497 e. The summed E-state index contributed by atoms with van der Waals surface area (Å²) in [7, 11) is 1.52. The molecule has 0 saturated heterocycles. The first-order chi connectivity index (χ1) is 24.2. The van der Waals surface area contributed by atoms with Gasteiger partial charge >= 0.3 is 12.2 Å². The van der Waals surface area contributed by atoms with Gasteiger partial charge in [-0.25, -0.2) is 9.59 Å². The SMILES string of the molecule is COc1ccc(C(NC(=O)C(N)C(C)C)N(C[C@@H](O)CCc2ccccc2)N(C(=O)OCc2cccnc2)C(=O)OCc2ccccn2)cc1. The molecule has 3 amide bonds. The summed E-state index contributed by atoms with van der Waals surface area (Å²) in [5.74, 6) is -0.245. The zero-order chi connectivity index (χ0) is 35.9. The highest BCUT2D eigenvalue weighted by molar-refractivity contribution is 5.87. The highest BCUT2D eigenvalue weighted by Crippen LogP contribution is 2.26. The second-order valence-electron chi connectivity index (χ2n) is 11.9. The number of nitrogens with zero attached hydrogens (tertiary/aromatic N) is 4. The number of benzene rings is 2. The van der Waals surface area contributed by atoms with E-state index in [2.05, 4.69) is 15.3 Å². The molecule has 0 aliphatic rings. The van der Waals surface area contributed by atoms with E-state index < -0.39 is 36.4 Å². The maximum absolute atomic E-state index is 14.0. The number of nitrogens with one attached hydrogen (secondary N) is 1. The Morgan fingerprint density at radius 3 is 2.16 bits per heavy atom. The van der Waals surface area contributed by atoms with Crippen molar-refractivity contribution < 1.29 is 33.7 Å². The van der Waals surface area contributed by atoms with Gasteiger partial charge in [-0.15, -0.1) is 5.01 Å². The first-order valence-corrected chi connectivity index (χ1v) is 16.3. The van der Waals surface area contributed by atoms with E-state index in [1.165, 1.54) is 18.3 Å². The zero-order valence-corrected chi connectivity index (χ0v) is 28.4. The molecule has 0 aliphatic carbocycles. The van der Waals surface area contributed by atoms with Gasteiger partial charge in [0.25, 0.3) is 0 Å². The molecule has 2 aromatic heterocycles. The number of amides is 3. The number of aliphatic hydroxyl groups excluding tert-OH is 1. The van der Waals surface area contributed by atoms with Crippen molar-refractivity contribution in [2.24, 2.45) is 11.7 Å². The lowest BCUT2D eigenvalue weighted by Crippen LogP contribution is -2.59. The molecule has 3 atom stereocenters. The van der Waals surface area contributed by atoms with Crippen LogP contribution in [0.3, 0.4) is 0 Å². The van der Waals surface area contributed by atoms with Gasteiger partial charge in [-0.05, 0) is 60.2 Å². The van der Waals surface area contributed by atoms with E-state index in [4.69, 9.17) is 19.9 Å². The number of rotatable bonds is 16. The molecule has 4 rings (SSSR count). The predicted octanol–water partition coefficient (Wildman–Crippen LogP) is 4.77. The van der Waals surface area contributed by atoms with Crippen molar-refractivity contribution in [2.45, 2.75) is 58.2 Å². The van der Waals surface area contributed by atoms with Gasteiger partial charge in [-0.2, -0.15) is 5.01 Å². The number of hydrogen-bond acceptors (Lipinski definition) is 11. The lowest BCUT2D eigenvalue weighted by molar-refractivity contribution is -0.130. The lowest BCUT2D eigenvalue weighted by atomic mass is 10.0. The van der Waals surface area contributed by atoms with Crippen molar-refractivity contribution in [3.8, 4) is 5.75 Å². The van der Waals surface area contributed by atoms with Crippen molar-refractivity contribution in [3.05, 3.63) is 126 Å². The number of ether oxygens (including phenoxy) is 3. The Morgan fingerprint density at radius 2 is 1.54 bits per heavy atom. The molecule has 13 nitrogen and oxygen atoms in total. The van der Waals surface area contributed by atoms with Crippen molar-refractivity contribution in [1.82, 2.24) is 25.3 Å². The summed E-state index contributed by atoms with van der Waals surface area (Å²) >= 11 is 0. The Hall–Kier alpha value is -5.37. The van der Waals surface area contributed by atoms with Crippen LogP contribution in [0.15, 0.2) is 104 Å². The maximum Gasteiger partial charge on any atom is 0.435 e. The normalized spacial score (nSPS) is 12.9. The average molecular weight is 685 g/mol. The predicted molar refractivity (Wildman–Crippen MR) is 185 cm³/mol. The molecule has 13 heteroatoms. The van der Waals surface area contributed by atoms with E-state index in [0.717, 1.165) is 5.56 Å². The minimum Gasteiger partial charge on any atom is -0.497 e. The van der Waals surface area contributed by atoms with Crippen molar-refractivity contribution in [1.29, 1.82) is 0 Å². The topological polar surface area (TPSA) is 169 Å². The van der Waals surface area contributed by atoms with Gasteiger partial charge in [0.05, 0.1) is 24.9 Å². The summed E-state index contributed by atoms with van der Waals surface area (Å²) in [6.45, 7) is 2.80. The molecular formula is C37H44N6O7. The fraction of sp³-hybridized carbons (Fsp3) is 0.324. The number of methoxy groups -OCH3 is 1. The van der Waals surface area contributed by atoms with Gasteiger partial charge in [0, 0.05) is 30.7 Å². The van der Waals surface area contributed by atoms with Crippen LogP contribution in [0.4, 0.5) is 9.59 Å². The standard InChI is InChI=1S/C37H44N6O7/c1-26(2)33(38)35(45)41-34(29-15-18-32(48-3)19-16-29)42(23-31(44)17-14-27-10-5-4-6-11-27)43(36(46)49-24-28-12-9-20-39-22-28)37(47)50-25-30-13-7-8-21-40-30/h4-13,15-16,18-22,26,31,33-34,44H,14,17,23-25,38H2,1-3H3,(H,41,45)/t31-,33?,34?/m0/s1. The van der Waals surface area contributed by atoms with Crippen molar-refractivity contribution in [3.63, 3.8) is 0 Å². The van der Waals surface area contributed by atoms with E-state index in [-0.39, 0.29) is 32.1 Å². The van der Waals surface area contributed by atoms with Gasteiger partial charge in [0.15, 0.2) is 0 Å². The molecule has 0 saturated carbocycles. The van der Waals surface area contributed by atoms with Crippen LogP contribution in [-0.2, 0) is 33.9 Å². The number of aromatic nitrogens is 2. The number of aliphatic hydroxyl groups is 1. The third-order valence-electron chi connectivity index (χ3n) is 7.79. The van der Waals surface area contributed by atoms with Crippen LogP contribution in [0.25, 0.3) is 0 Å². The van der Waals surface area contributed by atoms with Gasteiger partial charge in [-0.3, -0.25) is 14.8 Å². The number of pyridine rings is 2. The summed E-state index contributed by atoms with van der Waals surface area (Å²) in [6.07, 6.45) is 0.873. The van der Waals surface area contributed by atoms with E-state index in [1.54, 1.807) is 80.8 Å². The smallest absolute Gasteiger partial charge is 0.435 e. The number of carbonyl (C=O) groups excluding carboxylic acids is 3. The van der Waals surface area contributed by atoms with E-state index in [9.17, 15) is 19.5 Å². The number of nitrogens with two attached hydrogens (primary N) is 1. The minimum absolute atomic E-state index is 0.223. The second kappa shape index (κ2) is 19.0. The minimum atomic E-state index is -1.21. The summed E-state index contributed by atoms with van der Waals surface area (Å²) in [5, 5.41) is 16.3. The molecule has 0 fully saturated rings. The molecule has 264 valence electrons. The molecule has 0 spiro atoms. The highest BCUT2D eigenvalue weighted by Gasteiger charge is 2.39. The third-order valence-corrected chi connectivity index (χ3v) is 7.79. The summed E-state index contributed by atoms with van der Waals surface area (Å²) in [4.78, 5) is 49.9. The first-order valence-electron chi connectivity index (χ1n) is 16.3. The Balaban J connectivity index is 1.76. The van der Waals surface area contributed by atoms with Crippen LogP contribution in [0.1, 0.15) is 48.8 Å². The monoisotopic (exact) mass is 684 g/mol. The fourth-order valence-electron chi connectivity index (χ4n) is 4.89. The molecular weight excluding hydrogens is 640 g/mol. The number of carbonyl (C=O) groups is 3. The average Bonchev–Trinajstić information content (AvgIpc) is 3.15. The van der Waals surface area contributed by atoms with Crippen LogP contribution in [0, 0.1) is 5.92 Å². The summed E-state index contributed by atoms with van der Waals surface area (Å²) in [6, 6.07) is 23.9. The van der Waals surface area contributed by atoms with Crippen molar-refractivity contribution in [2.75, 3.05) is 13.7 Å². The van der Waals surface area contributed by atoms with Crippen LogP contribution in [0.5, 0.6) is 5.75 Å². The molecule has 0 aliphatic heterocycles. The molecule has 4 aromatic rings. The maximum atomic E-state index is 14.0. The number of aryl methyl sites for hydroxylation is 1. The van der Waals surface area contributed by atoms with E-state index in [0.29, 0.717) is 34.0 Å². The van der Waals surface area contributed by atoms with Crippen LogP contribution < -0.4 is 15.8 Å². The fourth-order valence-corrected chi connectivity index (χ4v) is 4.89. The van der Waals surface area contributed by atoms with Gasteiger partial charge in [0.1, 0.15) is 25.1 Å². The van der Waals surface area contributed by atoms with E-state index in [1.807, 2.05) is 30.3 Å². The Morgan fingerprint density at radius 1 is 0.860 bits per heavy atom. The highest BCUT2D eigenvalue weighted by atomic mass is 16.6. The zero-order valence-electron chi connectivity index (χ0n) is 28.4. The number of hydrazine groups is 1. The lowest BCUT2D eigenvalue weighted by Gasteiger charge is -2.39. The molecule has 0 bridgehead atoms. The van der Waals surface area contributed by atoms with Crippen molar-refractivity contribution >= 4 is 18.1 Å². The number of hydrogen-bond donors (Lipinski definition) is 3. The van der Waals surface area contributed by atoms with E-state index >= 15 is 0 Å². The Bertz CT molecular complexity index is 1570. The van der Waals surface area contributed by atoms with Gasteiger partial charge in [0.2, 0.25) is 5.91 Å². The van der Waals surface area contributed by atoms with Gasteiger partial charge in [-0.1, -0.05) is 68.4 Å². The molecule has 2 unspecified atom stereocenters. The second-order valence-corrected chi connectivity index (χ2v) is 11.9. The molecule has 0 radical (unpaired) electrons. The van der Waals surface area contributed by atoms with Crippen LogP contribution >= 0.6 is 0 Å².